The van der Waals surface area contributed by atoms with Crippen molar-refractivity contribution in [1.82, 2.24) is 9.80 Å². The van der Waals surface area contributed by atoms with Crippen LogP contribution in [0.3, 0.4) is 0 Å². The van der Waals surface area contributed by atoms with Crippen molar-refractivity contribution in [3.05, 3.63) is 65.7 Å². The lowest BCUT2D eigenvalue weighted by molar-refractivity contribution is 0.104. The minimum atomic E-state index is -0.0649. The lowest BCUT2D eigenvalue weighted by atomic mass is 10.1. The van der Waals surface area contributed by atoms with Crippen LogP contribution in [0.15, 0.2) is 54.6 Å². The molecule has 1 atom stereocenters. The number of nitriles is 1. The standard InChI is InChI=1S/C21H24N4O/c1-17-15-24(16-19-5-3-2-4-6-19)13-14-25(17)21(26)23-20-9-7-18(8-10-20)11-12-22/h2-10,17H,11,13-16H2,1H3,(H,23,26)/t17-/m1/s1. The molecule has 0 bridgehead atoms. The molecule has 1 saturated heterocycles. The van der Waals surface area contributed by atoms with Crippen molar-refractivity contribution >= 4 is 11.7 Å². The molecule has 0 radical (unpaired) electrons. The summed E-state index contributed by atoms with van der Waals surface area (Å²) in [6.07, 6.45) is 0.384. The smallest absolute Gasteiger partial charge is 0.319 e. The summed E-state index contributed by atoms with van der Waals surface area (Å²) >= 11 is 0. The van der Waals surface area contributed by atoms with E-state index in [0.717, 1.165) is 30.9 Å². The van der Waals surface area contributed by atoms with Crippen molar-refractivity contribution in [3.8, 4) is 6.07 Å². The van der Waals surface area contributed by atoms with Gasteiger partial charge in [-0.05, 0) is 30.2 Å². The number of nitrogens with one attached hydrogen (secondary N) is 1. The molecule has 134 valence electrons. The molecule has 5 nitrogen and oxygen atoms in total. The van der Waals surface area contributed by atoms with Crippen LogP contribution in [0.25, 0.3) is 0 Å². The van der Waals surface area contributed by atoms with Gasteiger partial charge in [0.05, 0.1) is 12.5 Å². The van der Waals surface area contributed by atoms with E-state index >= 15 is 0 Å². The van der Waals surface area contributed by atoms with Crippen LogP contribution in [0.1, 0.15) is 18.1 Å². The molecule has 2 amide bonds. The number of amides is 2. The van der Waals surface area contributed by atoms with Crippen LogP contribution in [0, 0.1) is 11.3 Å². The highest BCUT2D eigenvalue weighted by Gasteiger charge is 2.27. The van der Waals surface area contributed by atoms with E-state index in [1.54, 1.807) is 0 Å². The van der Waals surface area contributed by atoms with Crippen LogP contribution in [0.4, 0.5) is 10.5 Å². The van der Waals surface area contributed by atoms with Crippen LogP contribution in [-0.2, 0) is 13.0 Å². The van der Waals surface area contributed by atoms with Crippen molar-refractivity contribution in [2.75, 3.05) is 25.0 Å². The zero-order valence-corrected chi connectivity index (χ0v) is 15.1. The minimum absolute atomic E-state index is 0.0649. The zero-order valence-electron chi connectivity index (χ0n) is 15.1. The number of piperazine rings is 1. The maximum Gasteiger partial charge on any atom is 0.322 e. The fourth-order valence-electron chi connectivity index (χ4n) is 3.31. The Bertz CT molecular complexity index is 767. The van der Waals surface area contributed by atoms with Crippen molar-refractivity contribution in [2.24, 2.45) is 0 Å². The predicted molar refractivity (Wildman–Crippen MR) is 103 cm³/mol. The fourth-order valence-corrected chi connectivity index (χ4v) is 3.31. The quantitative estimate of drug-likeness (QED) is 0.920. The van der Waals surface area contributed by atoms with Gasteiger partial charge in [0.2, 0.25) is 0 Å². The van der Waals surface area contributed by atoms with E-state index in [-0.39, 0.29) is 12.1 Å². The zero-order chi connectivity index (χ0) is 18.4. The largest absolute Gasteiger partial charge is 0.322 e. The summed E-state index contributed by atoms with van der Waals surface area (Å²) < 4.78 is 0. The lowest BCUT2D eigenvalue weighted by Gasteiger charge is -2.39. The predicted octanol–water partition coefficient (Wildman–Crippen LogP) is 3.49. The van der Waals surface area contributed by atoms with E-state index in [0.29, 0.717) is 13.0 Å². The molecule has 0 aromatic heterocycles. The Morgan fingerprint density at radius 1 is 1.12 bits per heavy atom. The molecule has 1 aliphatic heterocycles. The third-order valence-corrected chi connectivity index (χ3v) is 4.71. The molecule has 0 unspecified atom stereocenters. The third kappa shape index (κ3) is 4.62. The Labute approximate surface area is 154 Å². The van der Waals surface area contributed by atoms with E-state index in [2.05, 4.69) is 47.5 Å². The summed E-state index contributed by atoms with van der Waals surface area (Å²) in [6, 6.07) is 20.1. The van der Waals surface area contributed by atoms with Gasteiger partial charge < -0.3 is 10.2 Å². The SMILES string of the molecule is C[C@@H]1CN(Cc2ccccc2)CCN1C(=O)Nc1ccc(CC#N)cc1. The second kappa shape index (κ2) is 8.50. The minimum Gasteiger partial charge on any atom is -0.319 e. The maximum atomic E-state index is 12.6. The molecule has 2 aromatic rings. The third-order valence-electron chi connectivity index (χ3n) is 4.71. The molecule has 0 spiro atoms. The summed E-state index contributed by atoms with van der Waals surface area (Å²) in [5, 5.41) is 11.7. The molecule has 5 heteroatoms. The van der Waals surface area contributed by atoms with Gasteiger partial charge in [-0.1, -0.05) is 42.5 Å². The van der Waals surface area contributed by atoms with Crippen LogP contribution < -0.4 is 5.32 Å². The van der Waals surface area contributed by atoms with Crippen LogP contribution >= 0.6 is 0 Å². The van der Waals surface area contributed by atoms with Gasteiger partial charge in [-0.3, -0.25) is 4.90 Å². The molecular formula is C21H24N4O. The van der Waals surface area contributed by atoms with Gasteiger partial charge in [0.15, 0.2) is 0 Å². The second-order valence-electron chi connectivity index (χ2n) is 6.73. The van der Waals surface area contributed by atoms with E-state index < -0.39 is 0 Å². The number of rotatable bonds is 4. The van der Waals surface area contributed by atoms with Gasteiger partial charge in [-0.2, -0.15) is 5.26 Å². The first kappa shape index (κ1) is 18.0. The van der Waals surface area contributed by atoms with Gasteiger partial charge >= 0.3 is 6.03 Å². The van der Waals surface area contributed by atoms with Gasteiger partial charge in [-0.15, -0.1) is 0 Å². The van der Waals surface area contributed by atoms with E-state index in [9.17, 15) is 4.79 Å². The van der Waals surface area contributed by atoms with E-state index in [1.807, 2.05) is 35.2 Å². The average Bonchev–Trinajstić information content (AvgIpc) is 2.64. The first-order chi connectivity index (χ1) is 12.7. The van der Waals surface area contributed by atoms with E-state index in [4.69, 9.17) is 5.26 Å². The highest BCUT2D eigenvalue weighted by atomic mass is 16.2. The molecule has 0 aliphatic carbocycles. The normalized spacial score (nSPS) is 17.5. The molecule has 1 heterocycles. The summed E-state index contributed by atoms with van der Waals surface area (Å²) in [6.45, 7) is 5.46. The van der Waals surface area contributed by atoms with Gasteiger partial charge in [0.25, 0.3) is 0 Å². The van der Waals surface area contributed by atoms with E-state index in [1.165, 1.54) is 5.56 Å². The molecule has 3 rings (SSSR count). The molecule has 1 aliphatic rings. The highest BCUT2D eigenvalue weighted by molar-refractivity contribution is 5.89. The number of urea groups is 1. The Balaban J connectivity index is 1.53. The Morgan fingerprint density at radius 2 is 1.85 bits per heavy atom. The fraction of sp³-hybridized carbons (Fsp3) is 0.333. The monoisotopic (exact) mass is 348 g/mol. The molecule has 2 aromatic carbocycles. The van der Waals surface area contributed by atoms with Gasteiger partial charge in [0.1, 0.15) is 0 Å². The van der Waals surface area contributed by atoms with Gasteiger partial charge in [-0.25, -0.2) is 4.79 Å². The lowest BCUT2D eigenvalue weighted by Crippen LogP contribution is -2.54. The number of hydrogen-bond acceptors (Lipinski definition) is 3. The number of anilines is 1. The van der Waals surface area contributed by atoms with Crippen LogP contribution in [0.5, 0.6) is 0 Å². The topological polar surface area (TPSA) is 59.4 Å². The number of carbonyl (C=O) groups is 1. The Kier molecular flexibility index (Phi) is 5.88. The molecule has 26 heavy (non-hydrogen) atoms. The average molecular weight is 348 g/mol. The van der Waals surface area contributed by atoms with Crippen LogP contribution in [0.2, 0.25) is 0 Å². The number of benzene rings is 2. The van der Waals surface area contributed by atoms with Crippen molar-refractivity contribution in [2.45, 2.75) is 25.9 Å². The summed E-state index contributed by atoms with van der Waals surface area (Å²) in [5.74, 6) is 0. The summed E-state index contributed by atoms with van der Waals surface area (Å²) in [7, 11) is 0. The first-order valence-corrected chi connectivity index (χ1v) is 8.95. The van der Waals surface area contributed by atoms with Crippen LogP contribution in [-0.4, -0.2) is 41.5 Å². The number of hydrogen-bond donors (Lipinski definition) is 1. The second-order valence-corrected chi connectivity index (χ2v) is 6.73. The summed E-state index contributed by atoms with van der Waals surface area (Å²) in [4.78, 5) is 16.9. The maximum absolute atomic E-state index is 12.6. The number of nitrogens with zero attached hydrogens (tertiary/aromatic N) is 3. The Morgan fingerprint density at radius 3 is 2.50 bits per heavy atom. The van der Waals surface area contributed by atoms with Crippen molar-refractivity contribution in [1.29, 1.82) is 5.26 Å². The molecular weight excluding hydrogens is 324 g/mol. The molecule has 1 fully saturated rings. The van der Waals surface area contributed by atoms with Crippen molar-refractivity contribution < 1.29 is 4.79 Å². The molecule has 0 saturated carbocycles. The Hall–Kier alpha value is -2.84. The first-order valence-electron chi connectivity index (χ1n) is 8.95. The van der Waals surface area contributed by atoms with Crippen molar-refractivity contribution in [3.63, 3.8) is 0 Å². The van der Waals surface area contributed by atoms with Gasteiger partial charge in [0, 0.05) is 37.9 Å². The summed E-state index contributed by atoms with van der Waals surface area (Å²) in [5.41, 5.74) is 3.01. The molecule has 1 N–H and O–H groups in total. The number of carbonyl (C=O) groups excluding carboxylic acids is 1. The highest BCUT2D eigenvalue weighted by Crippen LogP contribution is 2.16.